The van der Waals surface area contributed by atoms with Crippen molar-refractivity contribution in [3.63, 3.8) is 0 Å². The molecule has 2 bridgehead atoms. The number of piperidine rings is 1. The number of hydrogen-bond acceptors (Lipinski definition) is 3. The summed E-state index contributed by atoms with van der Waals surface area (Å²) in [6.45, 7) is 1.12. The third-order valence-electron chi connectivity index (χ3n) is 6.18. The summed E-state index contributed by atoms with van der Waals surface area (Å²) < 4.78 is 42.7. The lowest BCUT2D eigenvalue weighted by atomic mass is 9.84. The Kier molecular flexibility index (Phi) is 5.00. The van der Waals surface area contributed by atoms with Crippen LogP contribution < -0.4 is 5.56 Å². The van der Waals surface area contributed by atoms with Gasteiger partial charge in [0.15, 0.2) is 0 Å². The van der Waals surface area contributed by atoms with Crippen LogP contribution in [0.4, 0.5) is 4.39 Å². The zero-order valence-electron chi connectivity index (χ0n) is 16.5. The van der Waals surface area contributed by atoms with Crippen LogP contribution in [0.15, 0.2) is 70.4 Å². The molecule has 2 aromatic carbocycles. The van der Waals surface area contributed by atoms with Gasteiger partial charge in [-0.2, -0.15) is 4.31 Å². The monoisotopic (exact) mass is 458 g/mol. The molecule has 31 heavy (non-hydrogen) atoms. The normalized spacial score (nSPS) is 21.0. The van der Waals surface area contributed by atoms with Gasteiger partial charge in [0.1, 0.15) is 5.82 Å². The van der Waals surface area contributed by atoms with Gasteiger partial charge in [-0.05, 0) is 66.4 Å². The number of sulfonamides is 1. The first-order chi connectivity index (χ1) is 14.8. The number of nitrogens with zero attached hydrogens (tertiary/aromatic N) is 2. The molecule has 2 atom stereocenters. The molecule has 0 unspecified atom stereocenters. The van der Waals surface area contributed by atoms with Crippen molar-refractivity contribution in [2.45, 2.75) is 23.8 Å². The molecule has 5 nitrogen and oxygen atoms in total. The molecule has 3 aromatic rings. The van der Waals surface area contributed by atoms with Crippen molar-refractivity contribution in [2.24, 2.45) is 5.92 Å². The van der Waals surface area contributed by atoms with Gasteiger partial charge >= 0.3 is 0 Å². The fourth-order valence-electron chi connectivity index (χ4n) is 4.70. The van der Waals surface area contributed by atoms with Crippen molar-refractivity contribution in [1.82, 2.24) is 8.87 Å². The molecular formula is C23H20ClFN2O3S. The van der Waals surface area contributed by atoms with Crippen LogP contribution in [0.2, 0.25) is 5.02 Å². The number of hydrogen-bond donors (Lipinski definition) is 0. The SMILES string of the molecule is O=c1c(-c2ccc(Cl)cc2)ccc2n1C[C@@H]1C[C@@H]2CN(S(=O)(=O)c2ccc(F)cc2)C1. The molecule has 0 N–H and O–H groups in total. The number of fused-ring (bicyclic) bond motifs is 4. The van der Waals surface area contributed by atoms with Crippen molar-refractivity contribution in [2.75, 3.05) is 13.1 Å². The second kappa shape index (κ2) is 7.58. The second-order valence-corrected chi connectivity index (χ2v) is 10.5. The molecule has 3 heterocycles. The maximum atomic E-state index is 13.2. The van der Waals surface area contributed by atoms with Crippen LogP contribution in [-0.4, -0.2) is 30.4 Å². The largest absolute Gasteiger partial charge is 0.311 e. The number of pyridine rings is 1. The van der Waals surface area contributed by atoms with E-state index in [0.717, 1.165) is 29.8 Å². The van der Waals surface area contributed by atoms with Crippen molar-refractivity contribution < 1.29 is 12.8 Å². The first-order valence-corrected chi connectivity index (χ1v) is 11.9. The molecule has 0 amide bonds. The third kappa shape index (κ3) is 3.60. The number of benzene rings is 2. The molecule has 2 aliphatic rings. The van der Waals surface area contributed by atoms with Gasteiger partial charge in [-0.25, -0.2) is 12.8 Å². The fraction of sp³-hybridized carbons (Fsp3) is 0.261. The molecule has 1 saturated heterocycles. The van der Waals surface area contributed by atoms with Crippen molar-refractivity contribution in [3.8, 4) is 11.1 Å². The predicted octanol–water partition coefficient (Wildman–Crippen LogP) is 4.12. The van der Waals surface area contributed by atoms with Crippen LogP contribution in [0.3, 0.4) is 0 Å². The maximum Gasteiger partial charge on any atom is 0.258 e. The van der Waals surface area contributed by atoms with Gasteiger partial charge in [0.2, 0.25) is 10.0 Å². The summed E-state index contributed by atoms with van der Waals surface area (Å²) >= 11 is 5.97. The van der Waals surface area contributed by atoms with Gasteiger partial charge in [0, 0.05) is 41.8 Å². The molecule has 0 aliphatic carbocycles. The molecule has 5 rings (SSSR count). The van der Waals surface area contributed by atoms with E-state index in [2.05, 4.69) is 0 Å². The quantitative estimate of drug-likeness (QED) is 0.593. The van der Waals surface area contributed by atoms with E-state index in [9.17, 15) is 17.6 Å². The van der Waals surface area contributed by atoms with Gasteiger partial charge in [-0.15, -0.1) is 0 Å². The molecule has 0 saturated carbocycles. The van der Waals surface area contributed by atoms with E-state index >= 15 is 0 Å². The fourth-order valence-corrected chi connectivity index (χ4v) is 6.39. The smallest absolute Gasteiger partial charge is 0.258 e. The Labute approximate surface area is 184 Å². The number of rotatable bonds is 3. The molecular weight excluding hydrogens is 439 g/mol. The van der Waals surface area contributed by atoms with E-state index in [-0.39, 0.29) is 22.3 Å². The van der Waals surface area contributed by atoms with Gasteiger partial charge in [-0.3, -0.25) is 4.79 Å². The predicted molar refractivity (Wildman–Crippen MR) is 117 cm³/mol. The molecule has 1 fully saturated rings. The maximum absolute atomic E-state index is 13.2. The molecule has 8 heteroatoms. The first-order valence-electron chi connectivity index (χ1n) is 10.1. The number of aromatic nitrogens is 1. The molecule has 0 radical (unpaired) electrons. The average molecular weight is 459 g/mol. The highest BCUT2D eigenvalue weighted by Gasteiger charge is 2.39. The topological polar surface area (TPSA) is 59.4 Å². The van der Waals surface area contributed by atoms with Crippen LogP contribution in [0.1, 0.15) is 18.0 Å². The Morgan fingerprint density at radius 2 is 1.61 bits per heavy atom. The Bertz CT molecular complexity index is 1300. The van der Waals surface area contributed by atoms with E-state index in [1.54, 1.807) is 16.7 Å². The van der Waals surface area contributed by atoms with Gasteiger partial charge in [0.05, 0.1) is 4.90 Å². The Balaban J connectivity index is 1.48. The minimum atomic E-state index is -3.72. The van der Waals surface area contributed by atoms with Crippen LogP contribution >= 0.6 is 11.6 Å². The van der Waals surface area contributed by atoms with Crippen molar-refractivity contribution in [3.05, 3.63) is 87.6 Å². The summed E-state index contributed by atoms with van der Waals surface area (Å²) in [6.07, 6.45) is 0.842. The minimum Gasteiger partial charge on any atom is -0.311 e. The molecule has 1 aromatic heterocycles. The summed E-state index contributed by atoms with van der Waals surface area (Å²) in [5.74, 6) is -0.492. The van der Waals surface area contributed by atoms with E-state index in [0.29, 0.717) is 30.2 Å². The van der Waals surface area contributed by atoms with Crippen molar-refractivity contribution in [1.29, 1.82) is 0 Å². The summed E-state index contributed by atoms with van der Waals surface area (Å²) in [5.41, 5.74) is 2.21. The van der Waals surface area contributed by atoms with Crippen LogP contribution in [-0.2, 0) is 16.6 Å². The standard InChI is InChI=1S/C23H20ClFN2O3S/c24-18-3-1-16(2-4-18)21-9-10-22-17-11-15(13-27(22)23(21)28)12-26(14-17)31(29,30)20-7-5-19(25)6-8-20/h1-10,15,17H,11-14H2/t15-,17-/m1/s1. The highest BCUT2D eigenvalue weighted by atomic mass is 35.5. The van der Waals surface area contributed by atoms with Crippen molar-refractivity contribution >= 4 is 21.6 Å². The van der Waals surface area contributed by atoms with Crippen LogP contribution in [0, 0.1) is 11.7 Å². The van der Waals surface area contributed by atoms with Gasteiger partial charge in [-0.1, -0.05) is 23.7 Å². The third-order valence-corrected chi connectivity index (χ3v) is 8.28. The lowest BCUT2D eigenvalue weighted by molar-refractivity contribution is 0.186. The van der Waals surface area contributed by atoms with Crippen LogP contribution in [0.5, 0.6) is 0 Å². The molecule has 160 valence electrons. The summed E-state index contributed by atoms with van der Waals surface area (Å²) in [7, 11) is -3.72. The van der Waals surface area contributed by atoms with E-state index in [1.165, 1.54) is 16.4 Å². The van der Waals surface area contributed by atoms with E-state index < -0.39 is 15.8 Å². The Morgan fingerprint density at radius 1 is 0.903 bits per heavy atom. The first kappa shape index (κ1) is 20.4. The molecule has 0 spiro atoms. The zero-order chi connectivity index (χ0) is 21.8. The highest BCUT2D eigenvalue weighted by molar-refractivity contribution is 7.89. The molecule has 2 aliphatic heterocycles. The Morgan fingerprint density at radius 3 is 2.32 bits per heavy atom. The highest BCUT2D eigenvalue weighted by Crippen LogP contribution is 2.37. The zero-order valence-corrected chi connectivity index (χ0v) is 18.1. The van der Waals surface area contributed by atoms with Crippen LogP contribution in [0.25, 0.3) is 11.1 Å². The summed E-state index contributed by atoms with van der Waals surface area (Å²) in [6, 6.07) is 15.8. The van der Waals surface area contributed by atoms with Gasteiger partial charge in [0.25, 0.3) is 5.56 Å². The second-order valence-electron chi connectivity index (χ2n) is 8.17. The van der Waals surface area contributed by atoms with E-state index in [1.807, 2.05) is 24.3 Å². The summed E-state index contributed by atoms with van der Waals surface area (Å²) in [4.78, 5) is 13.3. The lowest BCUT2D eigenvalue weighted by Crippen LogP contribution is -2.49. The minimum absolute atomic E-state index is 0.0413. The average Bonchev–Trinajstić information content (AvgIpc) is 2.75. The summed E-state index contributed by atoms with van der Waals surface area (Å²) in [5, 5.41) is 0.610. The Hall–Kier alpha value is -2.48. The lowest BCUT2D eigenvalue weighted by Gasteiger charge is -2.42. The van der Waals surface area contributed by atoms with Gasteiger partial charge < -0.3 is 4.57 Å². The number of halogens is 2. The van der Waals surface area contributed by atoms with E-state index in [4.69, 9.17) is 11.6 Å².